The van der Waals surface area contributed by atoms with E-state index in [0.717, 1.165) is 31.5 Å². The smallest absolute Gasteiger partial charge is 0.227 e. The minimum Gasteiger partial charge on any atom is -0.338 e. The van der Waals surface area contributed by atoms with Gasteiger partial charge in [0.1, 0.15) is 0 Å². The predicted octanol–water partition coefficient (Wildman–Crippen LogP) is 1.99. The number of benzene rings is 1. The summed E-state index contributed by atoms with van der Waals surface area (Å²) in [6.07, 6.45) is 6.16. The first kappa shape index (κ1) is 14.3. The molecule has 1 aliphatic rings. The van der Waals surface area contributed by atoms with Crippen LogP contribution in [0.4, 0.5) is 0 Å². The number of rotatable bonds is 4. The number of aromatic nitrogens is 2. The molecule has 1 amide bonds. The Balaban J connectivity index is 1.64. The lowest BCUT2D eigenvalue weighted by Gasteiger charge is -2.24. The Bertz CT molecular complexity index is 670. The molecule has 112 valence electrons. The molecule has 0 unspecified atom stereocenters. The fourth-order valence-corrected chi connectivity index (χ4v) is 2.95. The van der Waals surface area contributed by atoms with E-state index in [0.29, 0.717) is 12.0 Å². The fraction of sp³-hybridized carbons (Fsp3) is 0.353. The summed E-state index contributed by atoms with van der Waals surface area (Å²) in [4.78, 5) is 14.5. The molecule has 1 aliphatic heterocycles. The average Bonchev–Trinajstić information content (AvgIpc) is 3.20. The summed E-state index contributed by atoms with van der Waals surface area (Å²) in [6.45, 7) is 1.58. The highest BCUT2D eigenvalue weighted by atomic mass is 16.2. The van der Waals surface area contributed by atoms with E-state index in [1.807, 2.05) is 34.0 Å². The number of hydrogen-bond acceptors (Lipinski definition) is 3. The standard InChI is InChI=1S/C17H18N4O/c18-12-15-6-4-14(5-7-15)11-17(22)21-10-1-3-16(21)13-20-9-2-8-19-20/h2,4-9,16H,1,3,10-11,13H2/t16-/m1/s1. The molecule has 5 heteroatoms. The van der Waals surface area contributed by atoms with Gasteiger partial charge in [-0.15, -0.1) is 0 Å². The van der Waals surface area contributed by atoms with Gasteiger partial charge in [-0.05, 0) is 36.6 Å². The Morgan fingerprint density at radius 1 is 1.36 bits per heavy atom. The molecule has 1 fully saturated rings. The maximum absolute atomic E-state index is 12.5. The van der Waals surface area contributed by atoms with Crippen LogP contribution >= 0.6 is 0 Å². The van der Waals surface area contributed by atoms with Gasteiger partial charge in [-0.3, -0.25) is 9.48 Å². The lowest BCUT2D eigenvalue weighted by atomic mass is 10.1. The van der Waals surface area contributed by atoms with Gasteiger partial charge in [0.05, 0.1) is 30.6 Å². The second-order valence-electron chi connectivity index (χ2n) is 5.60. The highest BCUT2D eigenvalue weighted by molar-refractivity contribution is 5.79. The molecule has 0 bridgehead atoms. The van der Waals surface area contributed by atoms with Gasteiger partial charge >= 0.3 is 0 Å². The quantitative estimate of drug-likeness (QED) is 0.866. The zero-order valence-electron chi connectivity index (χ0n) is 12.4. The van der Waals surface area contributed by atoms with E-state index < -0.39 is 0 Å². The van der Waals surface area contributed by atoms with Crippen molar-refractivity contribution in [2.24, 2.45) is 0 Å². The Labute approximate surface area is 129 Å². The van der Waals surface area contributed by atoms with Crippen LogP contribution in [0.5, 0.6) is 0 Å². The van der Waals surface area contributed by atoms with Crippen molar-refractivity contribution in [2.75, 3.05) is 6.54 Å². The Hall–Kier alpha value is -2.61. The summed E-state index contributed by atoms with van der Waals surface area (Å²) in [5, 5.41) is 13.0. The normalized spacial score (nSPS) is 17.4. The van der Waals surface area contributed by atoms with E-state index in [2.05, 4.69) is 11.2 Å². The predicted molar refractivity (Wildman–Crippen MR) is 81.8 cm³/mol. The lowest BCUT2D eigenvalue weighted by molar-refractivity contribution is -0.131. The van der Waals surface area contributed by atoms with E-state index in [1.165, 1.54) is 0 Å². The highest BCUT2D eigenvalue weighted by Crippen LogP contribution is 2.20. The van der Waals surface area contributed by atoms with E-state index in [-0.39, 0.29) is 11.9 Å². The van der Waals surface area contributed by atoms with Crippen molar-refractivity contribution in [1.29, 1.82) is 5.26 Å². The molecule has 0 radical (unpaired) electrons. The van der Waals surface area contributed by atoms with Gasteiger partial charge in [-0.1, -0.05) is 12.1 Å². The Morgan fingerprint density at radius 2 is 2.18 bits per heavy atom. The molecular formula is C17H18N4O. The third-order valence-electron chi connectivity index (χ3n) is 4.09. The van der Waals surface area contributed by atoms with Crippen LogP contribution in [0, 0.1) is 11.3 Å². The number of carbonyl (C=O) groups is 1. The molecule has 0 spiro atoms. The molecule has 1 aromatic carbocycles. The van der Waals surface area contributed by atoms with E-state index >= 15 is 0 Å². The molecule has 0 saturated carbocycles. The topological polar surface area (TPSA) is 61.9 Å². The van der Waals surface area contributed by atoms with Crippen molar-refractivity contribution in [3.63, 3.8) is 0 Å². The maximum Gasteiger partial charge on any atom is 0.227 e. The van der Waals surface area contributed by atoms with E-state index in [4.69, 9.17) is 5.26 Å². The maximum atomic E-state index is 12.5. The Kier molecular flexibility index (Phi) is 4.19. The van der Waals surface area contributed by atoms with Crippen molar-refractivity contribution in [2.45, 2.75) is 31.8 Å². The first-order chi connectivity index (χ1) is 10.8. The summed E-state index contributed by atoms with van der Waals surface area (Å²) < 4.78 is 1.89. The average molecular weight is 294 g/mol. The number of nitriles is 1. The molecule has 0 N–H and O–H groups in total. The molecule has 0 aliphatic carbocycles. The molecule has 1 atom stereocenters. The minimum atomic E-state index is 0.152. The van der Waals surface area contributed by atoms with Crippen molar-refractivity contribution in [1.82, 2.24) is 14.7 Å². The van der Waals surface area contributed by atoms with Crippen molar-refractivity contribution in [3.8, 4) is 6.07 Å². The monoisotopic (exact) mass is 294 g/mol. The van der Waals surface area contributed by atoms with Crippen LogP contribution in [0.2, 0.25) is 0 Å². The third-order valence-corrected chi connectivity index (χ3v) is 4.09. The van der Waals surface area contributed by atoms with Crippen molar-refractivity contribution >= 4 is 5.91 Å². The van der Waals surface area contributed by atoms with Crippen LogP contribution < -0.4 is 0 Å². The van der Waals surface area contributed by atoms with Crippen LogP contribution in [-0.4, -0.2) is 33.2 Å². The minimum absolute atomic E-state index is 0.152. The van der Waals surface area contributed by atoms with Gasteiger partial charge < -0.3 is 4.90 Å². The number of carbonyl (C=O) groups excluding carboxylic acids is 1. The molecular weight excluding hydrogens is 276 g/mol. The number of likely N-dealkylation sites (tertiary alicyclic amines) is 1. The molecule has 3 rings (SSSR count). The van der Waals surface area contributed by atoms with Crippen LogP contribution in [0.25, 0.3) is 0 Å². The van der Waals surface area contributed by atoms with Crippen LogP contribution in [0.1, 0.15) is 24.0 Å². The van der Waals surface area contributed by atoms with Gasteiger partial charge in [0.25, 0.3) is 0 Å². The summed E-state index contributed by atoms with van der Waals surface area (Å²) >= 11 is 0. The Morgan fingerprint density at radius 3 is 2.86 bits per heavy atom. The van der Waals surface area contributed by atoms with Crippen LogP contribution in [0.15, 0.2) is 42.7 Å². The van der Waals surface area contributed by atoms with Gasteiger partial charge in [-0.25, -0.2) is 0 Å². The molecule has 5 nitrogen and oxygen atoms in total. The summed E-state index contributed by atoms with van der Waals surface area (Å²) in [5.41, 5.74) is 1.57. The van der Waals surface area contributed by atoms with Crippen molar-refractivity contribution in [3.05, 3.63) is 53.9 Å². The highest BCUT2D eigenvalue weighted by Gasteiger charge is 2.28. The van der Waals surface area contributed by atoms with E-state index in [1.54, 1.807) is 18.3 Å². The first-order valence-electron chi connectivity index (χ1n) is 7.52. The number of hydrogen-bond donors (Lipinski definition) is 0. The molecule has 1 saturated heterocycles. The molecule has 2 heterocycles. The molecule has 22 heavy (non-hydrogen) atoms. The SMILES string of the molecule is N#Cc1ccc(CC(=O)N2CCC[C@@H]2Cn2cccn2)cc1. The van der Waals surface area contributed by atoms with E-state index in [9.17, 15) is 4.79 Å². The van der Waals surface area contributed by atoms with Gasteiger partial charge in [0.2, 0.25) is 5.91 Å². The summed E-state index contributed by atoms with van der Waals surface area (Å²) in [6, 6.07) is 11.4. The second-order valence-corrected chi connectivity index (χ2v) is 5.60. The molecule has 2 aromatic rings. The zero-order chi connectivity index (χ0) is 15.4. The molecule has 1 aromatic heterocycles. The van der Waals surface area contributed by atoms with Crippen molar-refractivity contribution < 1.29 is 4.79 Å². The first-order valence-corrected chi connectivity index (χ1v) is 7.52. The second kappa shape index (κ2) is 6.44. The lowest BCUT2D eigenvalue weighted by Crippen LogP contribution is -2.39. The fourth-order valence-electron chi connectivity index (χ4n) is 2.95. The van der Waals surface area contributed by atoms with Crippen LogP contribution in [-0.2, 0) is 17.8 Å². The summed E-state index contributed by atoms with van der Waals surface area (Å²) in [7, 11) is 0. The number of nitrogens with zero attached hydrogens (tertiary/aromatic N) is 4. The van der Waals surface area contributed by atoms with Gasteiger partial charge in [-0.2, -0.15) is 10.4 Å². The van der Waals surface area contributed by atoms with Gasteiger partial charge in [0, 0.05) is 18.9 Å². The van der Waals surface area contributed by atoms with Crippen LogP contribution in [0.3, 0.4) is 0 Å². The third kappa shape index (κ3) is 3.17. The zero-order valence-corrected chi connectivity index (χ0v) is 12.4. The van der Waals surface area contributed by atoms with Gasteiger partial charge in [0.15, 0.2) is 0 Å². The summed E-state index contributed by atoms with van der Waals surface area (Å²) in [5.74, 6) is 0.152. The largest absolute Gasteiger partial charge is 0.338 e. The number of amides is 1.